The molecule has 1 N–H and O–H groups in total. The van der Waals surface area contributed by atoms with Crippen molar-refractivity contribution in [2.24, 2.45) is 0 Å². The van der Waals surface area contributed by atoms with Crippen LogP contribution in [0.3, 0.4) is 0 Å². The molecule has 0 saturated carbocycles. The highest BCUT2D eigenvalue weighted by atomic mass is 16.5. The predicted molar refractivity (Wildman–Crippen MR) is 89.3 cm³/mol. The zero-order valence-electron chi connectivity index (χ0n) is 13.7. The first kappa shape index (κ1) is 16.9. The smallest absolute Gasteiger partial charge is 0.345 e. The lowest BCUT2D eigenvalue weighted by molar-refractivity contribution is -0.145. The molecular formula is C19H22O4. The van der Waals surface area contributed by atoms with Crippen LogP contribution in [0.4, 0.5) is 0 Å². The largest absolute Gasteiger partial charge is 0.496 e. The second kappa shape index (κ2) is 7.68. The number of carboxylic acid groups (broad SMARTS) is 1. The van der Waals surface area contributed by atoms with Gasteiger partial charge in [0.05, 0.1) is 7.11 Å². The number of ether oxygens (including phenoxy) is 2. The van der Waals surface area contributed by atoms with Crippen molar-refractivity contribution in [1.29, 1.82) is 0 Å². The van der Waals surface area contributed by atoms with Crippen molar-refractivity contribution in [3.8, 4) is 11.5 Å². The summed E-state index contributed by atoms with van der Waals surface area (Å²) in [6.45, 7) is 4.22. The Kier molecular flexibility index (Phi) is 5.63. The molecular weight excluding hydrogens is 292 g/mol. The zero-order chi connectivity index (χ0) is 16.8. The number of para-hydroxylation sites is 1. The standard InChI is InChI=1S/C19H22O4/c1-13(2)14-8-10-16(11-9-14)23-18(19(20)21)12-15-6-4-5-7-17(15)22-3/h4-11,13,18H,12H2,1-3H3,(H,20,21)/t18-/m1/s1. The molecule has 2 rings (SSSR count). The molecule has 0 aliphatic carbocycles. The summed E-state index contributed by atoms with van der Waals surface area (Å²) in [7, 11) is 1.57. The quantitative estimate of drug-likeness (QED) is 0.842. The molecule has 4 heteroatoms. The molecule has 0 aliphatic heterocycles. The molecule has 122 valence electrons. The minimum atomic E-state index is -0.996. The molecule has 0 radical (unpaired) electrons. The van der Waals surface area contributed by atoms with E-state index in [1.165, 1.54) is 5.56 Å². The van der Waals surface area contributed by atoms with E-state index >= 15 is 0 Å². The Hall–Kier alpha value is -2.49. The van der Waals surface area contributed by atoms with Crippen LogP contribution in [0.5, 0.6) is 11.5 Å². The molecule has 0 aliphatic rings. The van der Waals surface area contributed by atoms with Crippen LogP contribution < -0.4 is 9.47 Å². The molecule has 23 heavy (non-hydrogen) atoms. The van der Waals surface area contributed by atoms with Crippen molar-refractivity contribution in [3.05, 3.63) is 59.7 Å². The molecule has 0 heterocycles. The van der Waals surface area contributed by atoms with E-state index in [0.717, 1.165) is 5.56 Å². The minimum absolute atomic E-state index is 0.241. The number of hydrogen-bond donors (Lipinski definition) is 1. The average molecular weight is 314 g/mol. The molecule has 2 aromatic rings. The monoisotopic (exact) mass is 314 g/mol. The lowest BCUT2D eigenvalue weighted by Gasteiger charge is -2.17. The van der Waals surface area contributed by atoms with E-state index in [1.807, 2.05) is 48.5 Å². The van der Waals surface area contributed by atoms with E-state index in [1.54, 1.807) is 7.11 Å². The van der Waals surface area contributed by atoms with E-state index in [-0.39, 0.29) is 6.42 Å². The summed E-state index contributed by atoms with van der Waals surface area (Å²) in [6, 6.07) is 14.9. The second-order valence-corrected chi connectivity index (χ2v) is 5.68. The van der Waals surface area contributed by atoms with Crippen LogP contribution in [0.2, 0.25) is 0 Å². The van der Waals surface area contributed by atoms with Crippen molar-refractivity contribution < 1.29 is 19.4 Å². The van der Waals surface area contributed by atoms with E-state index in [0.29, 0.717) is 17.4 Å². The molecule has 0 aromatic heterocycles. The number of carbonyl (C=O) groups is 1. The number of rotatable bonds is 7. The summed E-state index contributed by atoms with van der Waals surface area (Å²) in [5.41, 5.74) is 2.00. The molecule has 0 unspecified atom stereocenters. The first-order chi connectivity index (χ1) is 11.0. The Labute approximate surface area is 136 Å². The lowest BCUT2D eigenvalue weighted by atomic mass is 10.0. The fraction of sp³-hybridized carbons (Fsp3) is 0.316. The van der Waals surface area contributed by atoms with Gasteiger partial charge in [-0.3, -0.25) is 0 Å². The zero-order valence-corrected chi connectivity index (χ0v) is 13.7. The SMILES string of the molecule is COc1ccccc1C[C@@H](Oc1ccc(C(C)C)cc1)C(=O)O. The normalized spacial score (nSPS) is 12.0. The van der Waals surface area contributed by atoms with Gasteiger partial charge in [0.15, 0.2) is 6.10 Å². The van der Waals surface area contributed by atoms with Crippen LogP contribution in [-0.2, 0) is 11.2 Å². The van der Waals surface area contributed by atoms with Crippen LogP contribution in [0.15, 0.2) is 48.5 Å². The van der Waals surface area contributed by atoms with Gasteiger partial charge in [0.1, 0.15) is 11.5 Å². The second-order valence-electron chi connectivity index (χ2n) is 5.68. The highest BCUT2D eigenvalue weighted by molar-refractivity contribution is 5.73. The van der Waals surface area contributed by atoms with Crippen molar-refractivity contribution in [1.82, 2.24) is 0 Å². The summed E-state index contributed by atoms with van der Waals surface area (Å²) in [5, 5.41) is 9.44. The van der Waals surface area contributed by atoms with Crippen LogP contribution in [0.25, 0.3) is 0 Å². The van der Waals surface area contributed by atoms with Gasteiger partial charge in [0.2, 0.25) is 0 Å². The Bertz CT molecular complexity index is 647. The molecule has 0 amide bonds. The van der Waals surface area contributed by atoms with Crippen molar-refractivity contribution in [2.75, 3.05) is 7.11 Å². The molecule has 2 aromatic carbocycles. The van der Waals surface area contributed by atoms with Gasteiger partial charge < -0.3 is 14.6 Å². The Morgan fingerprint density at radius 2 is 1.74 bits per heavy atom. The van der Waals surface area contributed by atoms with Crippen LogP contribution in [0.1, 0.15) is 30.9 Å². The number of aliphatic carboxylic acids is 1. The maximum Gasteiger partial charge on any atom is 0.345 e. The van der Waals surface area contributed by atoms with Crippen molar-refractivity contribution in [3.63, 3.8) is 0 Å². The highest BCUT2D eigenvalue weighted by Crippen LogP contribution is 2.23. The third-order valence-electron chi connectivity index (χ3n) is 3.70. The van der Waals surface area contributed by atoms with E-state index in [9.17, 15) is 9.90 Å². The summed E-state index contributed by atoms with van der Waals surface area (Å²) >= 11 is 0. The van der Waals surface area contributed by atoms with Crippen LogP contribution in [0, 0.1) is 0 Å². The van der Waals surface area contributed by atoms with Crippen LogP contribution >= 0.6 is 0 Å². The molecule has 0 spiro atoms. The first-order valence-corrected chi connectivity index (χ1v) is 7.62. The minimum Gasteiger partial charge on any atom is -0.496 e. The first-order valence-electron chi connectivity index (χ1n) is 7.62. The third kappa shape index (κ3) is 4.49. The van der Waals surface area contributed by atoms with Crippen LogP contribution in [-0.4, -0.2) is 24.3 Å². The average Bonchev–Trinajstić information content (AvgIpc) is 2.55. The van der Waals surface area contributed by atoms with Gasteiger partial charge in [-0.1, -0.05) is 44.2 Å². The highest BCUT2D eigenvalue weighted by Gasteiger charge is 2.21. The topological polar surface area (TPSA) is 55.8 Å². The molecule has 1 atom stereocenters. The molecule has 4 nitrogen and oxygen atoms in total. The number of carboxylic acids is 1. The maximum atomic E-state index is 11.5. The van der Waals surface area contributed by atoms with Gasteiger partial charge in [0, 0.05) is 6.42 Å². The Balaban J connectivity index is 2.14. The number of methoxy groups -OCH3 is 1. The summed E-state index contributed by atoms with van der Waals surface area (Å²) in [6.07, 6.45) is -0.721. The Morgan fingerprint density at radius 1 is 1.09 bits per heavy atom. The summed E-state index contributed by atoms with van der Waals surface area (Å²) < 4.78 is 10.9. The Morgan fingerprint density at radius 3 is 2.30 bits per heavy atom. The summed E-state index contributed by atoms with van der Waals surface area (Å²) in [4.78, 5) is 11.5. The van der Waals surface area contributed by atoms with Crippen molar-refractivity contribution >= 4 is 5.97 Å². The lowest BCUT2D eigenvalue weighted by Crippen LogP contribution is -2.29. The van der Waals surface area contributed by atoms with E-state index in [4.69, 9.17) is 9.47 Å². The van der Waals surface area contributed by atoms with Gasteiger partial charge in [-0.25, -0.2) is 4.79 Å². The fourth-order valence-electron chi connectivity index (χ4n) is 2.35. The van der Waals surface area contributed by atoms with Gasteiger partial charge in [-0.2, -0.15) is 0 Å². The van der Waals surface area contributed by atoms with Gasteiger partial charge in [-0.05, 0) is 35.2 Å². The fourth-order valence-corrected chi connectivity index (χ4v) is 2.35. The van der Waals surface area contributed by atoms with Gasteiger partial charge >= 0.3 is 5.97 Å². The maximum absolute atomic E-state index is 11.5. The number of hydrogen-bond acceptors (Lipinski definition) is 3. The summed E-state index contributed by atoms with van der Waals surface area (Å²) in [5.74, 6) is 0.644. The third-order valence-corrected chi connectivity index (χ3v) is 3.70. The molecule has 0 saturated heterocycles. The van der Waals surface area contributed by atoms with Crippen molar-refractivity contribution in [2.45, 2.75) is 32.3 Å². The molecule has 0 bridgehead atoms. The number of benzene rings is 2. The van der Waals surface area contributed by atoms with E-state index < -0.39 is 12.1 Å². The van der Waals surface area contributed by atoms with E-state index in [2.05, 4.69) is 13.8 Å². The van der Waals surface area contributed by atoms with Gasteiger partial charge in [0.25, 0.3) is 0 Å². The van der Waals surface area contributed by atoms with Gasteiger partial charge in [-0.15, -0.1) is 0 Å². The predicted octanol–water partition coefficient (Wildman–Crippen LogP) is 3.89. The molecule has 0 fully saturated rings.